The highest BCUT2D eigenvalue weighted by Gasteiger charge is 2.12. The monoisotopic (exact) mass is 529 g/mol. The molecule has 4 aromatic carbocycles. The third-order valence-corrected chi connectivity index (χ3v) is 6.62. The van der Waals surface area contributed by atoms with Crippen molar-refractivity contribution in [3.05, 3.63) is 143 Å². The minimum Gasteiger partial charge on any atom is -0.489 e. The third-order valence-electron chi connectivity index (χ3n) is 6.62. The number of ether oxygens (including phenoxy) is 1. The summed E-state index contributed by atoms with van der Waals surface area (Å²) >= 11 is 0. The van der Waals surface area contributed by atoms with Gasteiger partial charge in [-0.1, -0.05) is 105 Å². The van der Waals surface area contributed by atoms with Crippen molar-refractivity contribution in [3.8, 4) is 5.75 Å². The Morgan fingerprint density at radius 2 is 1.48 bits per heavy atom. The molecular weight excluding hydrogens is 494 g/mol. The largest absolute Gasteiger partial charge is 0.489 e. The maximum absolute atomic E-state index is 13.0. The lowest BCUT2D eigenvalue weighted by molar-refractivity contribution is -0.115. The van der Waals surface area contributed by atoms with E-state index < -0.39 is 0 Å². The average molecular weight is 530 g/mol. The lowest BCUT2D eigenvalue weighted by atomic mass is 10.0. The van der Waals surface area contributed by atoms with Crippen LogP contribution in [0.15, 0.2) is 109 Å². The molecule has 0 aliphatic carbocycles. The van der Waals surface area contributed by atoms with Crippen LogP contribution < -0.4 is 10.1 Å². The molecule has 0 spiro atoms. The third kappa shape index (κ3) is 7.90. The Morgan fingerprint density at radius 3 is 2.23 bits per heavy atom. The zero-order valence-electron chi connectivity index (χ0n) is 23.1. The van der Waals surface area contributed by atoms with E-state index in [1.807, 2.05) is 97.1 Å². The lowest BCUT2D eigenvalue weighted by Crippen LogP contribution is -2.17. The first-order valence-corrected chi connectivity index (χ1v) is 13.7. The first-order valence-electron chi connectivity index (χ1n) is 13.7. The van der Waals surface area contributed by atoms with Crippen molar-refractivity contribution in [2.45, 2.75) is 33.1 Å². The summed E-state index contributed by atoms with van der Waals surface area (Å²) in [5.74, 6) is 0.474. The number of anilines is 1. The Hall–Kier alpha value is -4.70. The van der Waals surface area contributed by atoms with E-state index in [0.717, 1.165) is 46.3 Å². The van der Waals surface area contributed by atoms with Gasteiger partial charge in [0.25, 0.3) is 0 Å². The second kappa shape index (κ2) is 14.5. The number of ketones is 1. The Morgan fingerprint density at radius 1 is 0.775 bits per heavy atom. The fraction of sp³-hybridized carbons (Fsp3) is 0.167. The number of hydrogen-bond acceptors (Lipinski definition) is 3. The Balaban J connectivity index is 1.39. The van der Waals surface area contributed by atoms with E-state index in [1.165, 1.54) is 0 Å². The highest BCUT2D eigenvalue weighted by atomic mass is 16.5. The van der Waals surface area contributed by atoms with Gasteiger partial charge in [0.05, 0.1) is 6.42 Å². The van der Waals surface area contributed by atoms with Gasteiger partial charge in [-0.25, -0.2) is 0 Å². The normalized spacial score (nSPS) is 11.2. The predicted octanol–water partition coefficient (Wildman–Crippen LogP) is 7.98. The van der Waals surface area contributed by atoms with Crippen LogP contribution in [0.5, 0.6) is 5.75 Å². The quantitative estimate of drug-likeness (QED) is 0.150. The van der Waals surface area contributed by atoms with E-state index in [1.54, 1.807) is 24.3 Å². The number of carbonyl (C=O) groups excluding carboxylic acids is 2. The van der Waals surface area contributed by atoms with Gasteiger partial charge < -0.3 is 10.1 Å². The van der Waals surface area contributed by atoms with Gasteiger partial charge in [0.2, 0.25) is 5.91 Å². The van der Waals surface area contributed by atoms with Gasteiger partial charge in [-0.2, -0.15) is 0 Å². The fourth-order valence-electron chi connectivity index (χ4n) is 4.50. The van der Waals surface area contributed by atoms with Crippen molar-refractivity contribution in [3.63, 3.8) is 0 Å². The number of nitrogens with one attached hydrogen (secondary N) is 1. The standard InChI is InChI=1S/C36H35NO3/c1-3-29-18-11-19-30(4-2)36(29)37-35(39)26-28-15-10-20-32(25-28)33(38)23-22-31-17-8-9-21-34(31)40-24-12-16-27-13-6-5-7-14-27/h5-23,25H,3-4,24,26H2,1-2H3,(H,37,39). The molecule has 0 radical (unpaired) electrons. The molecule has 4 aromatic rings. The number of amides is 1. The summed E-state index contributed by atoms with van der Waals surface area (Å²) in [5.41, 5.74) is 6.41. The van der Waals surface area contributed by atoms with Gasteiger partial charge in [0, 0.05) is 16.8 Å². The van der Waals surface area contributed by atoms with Crippen LogP contribution in [0.2, 0.25) is 0 Å². The summed E-state index contributed by atoms with van der Waals surface area (Å²) in [7, 11) is 0. The number of para-hydroxylation sites is 2. The van der Waals surface area contributed by atoms with Crippen LogP contribution >= 0.6 is 0 Å². The van der Waals surface area contributed by atoms with E-state index in [9.17, 15) is 9.59 Å². The van der Waals surface area contributed by atoms with Crippen LogP contribution in [-0.4, -0.2) is 18.3 Å². The first-order chi connectivity index (χ1) is 19.6. The molecule has 4 heteroatoms. The molecule has 1 amide bonds. The Bertz CT molecular complexity index is 1480. The molecule has 0 aliphatic heterocycles. The SMILES string of the molecule is CCc1cccc(CC)c1NC(=O)Cc1cccc(C(=O)C=Cc2ccccc2OCC=Cc2ccccc2)c1. The second-order valence-corrected chi connectivity index (χ2v) is 9.44. The molecule has 0 saturated carbocycles. The van der Waals surface area contributed by atoms with E-state index in [-0.39, 0.29) is 18.1 Å². The van der Waals surface area contributed by atoms with Crippen LogP contribution in [0.3, 0.4) is 0 Å². The van der Waals surface area contributed by atoms with Crippen LogP contribution in [0, 0.1) is 0 Å². The van der Waals surface area contributed by atoms with Crippen molar-refractivity contribution in [2.75, 3.05) is 11.9 Å². The maximum Gasteiger partial charge on any atom is 0.228 e. The van der Waals surface area contributed by atoms with E-state index >= 15 is 0 Å². The topological polar surface area (TPSA) is 55.4 Å². The molecule has 0 heterocycles. The van der Waals surface area contributed by atoms with Crippen molar-refractivity contribution >= 4 is 29.5 Å². The number of aryl methyl sites for hydroxylation is 2. The highest BCUT2D eigenvalue weighted by Crippen LogP contribution is 2.23. The molecule has 1 N–H and O–H groups in total. The number of allylic oxidation sites excluding steroid dienone is 1. The van der Waals surface area contributed by atoms with Crippen LogP contribution in [-0.2, 0) is 24.1 Å². The summed E-state index contributed by atoms with van der Waals surface area (Å²) in [5, 5.41) is 3.10. The van der Waals surface area contributed by atoms with Crippen molar-refractivity contribution in [1.82, 2.24) is 0 Å². The van der Waals surface area contributed by atoms with E-state index in [0.29, 0.717) is 17.9 Å². The summed E-state index contributed by atoms with van der Waals surface area (Å²) in [4.78, 5) is 25.9. The minimum absolute atomic E-state index is 0.0943. The van der Waals surface area contributed by atoms with E-state index in [4.69, 9.17) is 4.74 Å². The second-order valence-electron chi connectivity index (χ2n) is 9.44. The summed E-state index contributed by atoms with van der Waals surface area (Å²) in [6.45, 7) is 4.58. The lowest BCUT2D eigenvalue weighted by Gasteiger charge is -2.14. The van der Waals surface area contributed by atoms with Gasteiger partial charge in [-0.3, -0.25) is 9.59 Å². The van der Waals surface area contributed by atoms with Gasteiger partial charge in [0.15, 0.2) is 5.78 Å². The smallest absolute Gasteiger partial charge is 0.228 e. The van der Waals surface area contributed by atoms with Gasteiger partial charge >= 0.3 is 0 Å². The fourth-order valence-corrected chi connectivity index (χ4v) is 4.50. The first kappa shape index (κ1) is 28.3. The number of rotatable bonds is 12. The van der Waals surface area contributed by atoms with Gasteiger partial charge in [0.1, 0.15) is 12.4 Å². The van der Waals surface area contributed by atoms with Crippen molar-refractivity contribution in [2.24, 2.45) is 0 Å². The molecule has 0 bridgehead atoms. The molecule has 0 unspecified atom stereocenters. The summed E-state index contributed by atoms with van der Waals surface area (Å²) in [6.07, 6.45) is 9.18. The van der Waals surface area contributed by atoms with Crippen molar-refractivity contribution in [1.29, 1.82) is 0 Å². The highest BCUT2D eigenvalue weighted by molar-refractivity contribution is 6.07. The van der Waals surface area contributed by atoms with Gasteiger partial charge in [-0.05, 0) is 65.5 Å². The molecule has 0 fully saturated rings. The Kier molecular flexibility index (Phi) is 10.2. The van der Waals surface area contributed by atoms with Crippen molar-refractivity contribution < 1.29 is 14.3 Å². The molecule has 0 aliphatic rings. The molecule has 0 atom stereocenters. The summed E-state index contributed by atoms with van der Waals surface area (Å²) < 4.78 is 5.95. The number of hydrogen-bond donors (Lipinski definition) is 1. The van der Waals surface area contributed by atoms with Gasteiger partial charge in [-0.15, -0.1) is 0 Å². The summed E-state index contributed by atoms with van der Waals surface area (Å²) in [6, 6.07) is 31.1. The van der Waals surface area contributed by atoms with Crippen LogP contribution in [0.1, 0.15) is 52.0 Å². The molecule has 0 saturated heterocycles. The zero-order valence-corrected chi connectivity index (χ0v) is 23.1. The van der Waals surface area contributed by atoms with Crippen LogP contribution in [0.25, 0.3) is 12.2 Å². The Labute approximate surface area is 237 Å². The number of benzene rings is 4. The molecule has 4 rings (SSSR count). The predicted molar refractivity (Wildman–Crippen MR) is 165 cm³/mol. The minimum atomic E-state index is -0.134. The van der Waals surface area contributed by atoms with E-state index in [2.05, 4.69) is 19.2 Å². The number of carbonyl (C=O) groups is 2. The maximum atomic E-state index is 13.0. The molecule has 202 valence electrons. The average Bonchev–Trinajstić information content (AvgIpc) is 2.99. The molecule has 4 nitrogen and oxygen atoms in total. The molecule has 0 aromatic heterocycles. The molecule has 40 heavy (non-hydrogen) atoms. The zero-order chi connectivity index (χ0) is 28.2. The van der Waals surface area contributed by atoms with Crippen LogP contribution in [0.4, 0.5) is 5.69 Å². The molecular formula is C36H35NO3.